The molecule has 0 saturated carbocycles. The second-order valence-electron chi connectivity index (χ2n) is 4.91. The van der Waals surface area contributed by atoms with Crippen LogP contribution in [-0.2, 0) is 4.79 Å². The topological polar surface area (TPSA) is 67.2 Å². The number of rotatable bonds is 11. The van der Waals surface area contributed by atoms with E-state index in [-0.39, 0.29) is 11.4 Å². The molecule has 0 bridgehead atoms. The highest BCUT2D eigenvalue weighted by Gasteiger charge is 2.25. The molecule has 0 radical (unpaired) electrons. The zero-order chi connectivity index (χ0) is 13.9. The number of hydrogen-bond acceptors (Lipinski definition) is 3. The van der Waals surface area contributed by atoms with E-state index in [1.54, 1.807) is 0 Å². The third-order valence-electron chi connectivity index (χ3n) is 3.64. The van der Waals surface area contributed by atoms with Crippen LogP contribution in [0.15, 0.2) is 0 Å². The van der Waals surface area contributed by atoms with Gasteiger partial charge in [-0.05, 0) is 45.2 Å². The highest BCUT2D eigenvalue weighted by molar-refractivity contribution is 5.75. The lowest BCUT2D eigenvalue weighted by molar-refractivity contribution is -0.121. The van der Waals surface area contributed by atoms with Gasteiger partial charge in [-0.25, -0.2) is 0 Å². The van der Waals surface area contributed by atoms with Gasteiger partial charge in [0.15, 0.2) is 0 Å². The average molecular weight is 257 g/mol. The van der Waals surface area contributed by atoms with Crippen LogP contribution in [0.3, 0.4) is 0 Å². The lowest BCUT2D eigenvalue weighted by Gasteiger charge is -2.33. The van der Waals surface area contributed by atoms with E-state index in [0.717, 1.165) is 38.6 Å². The van der Waals surface area contributed by atoms with E-state index >= 15 is 0 Å². The molecule has 0 rings (SSSR count). The van der Waals surface area contributed by atoms with Gasteiger partial charge in [0, 0.05) is 18.5 Å². The predicted octanol–water partition coefficient (Wildman–Crippen LogP) is 1.79. The SMILES string of the molecule is CCCNC(CC)(CC)CCC(=O)NCCCN. The van der Waals surface area contributed by atoms with Gasteiger partial charge in [-0.3, -0.25) is 4.79 Å². The number of nitrogens with two attached hydrogens (primary N) is 1. The zero-order valence-corrected chi connectivity index (χ0v) is 12.3. The molecule has 4 nitrogen and oxygen atoms in total. The van der Waals surface area contributed by atoms with Gasteiger partial charge in [0.05, 0.1) is 0 Å². The van der Waals surface area contributed by atoms with Gasteiger partial charge in [-0.15, -0.1) is 0 Å². The Labute approximate surface area is 112 Å². The summed E-state index contributed by atoms with van der Waals surface area (Å²) in [5.41, 5.74) is 5.52. The highest BCUT2D eigenvalue weighted by Crippen LogP contribution is 2.21. The Hall–Kier alpha value is -0.610. The number of amides is 1. The maximum absolute atomic E-state index is 11.7. The van der Waals surface area contributed by atoms with Crippen molar-refractivity contribution in [2.24, 2.45) is 5.73 Å². The number of carbonyl (C=O) groups excluding carboxylic acids is 1. The molecule has 0 spiro atoms. The van der Waals surface area contributed by atoms with Gasteiger partial charge in [0.1, 0.15) is 0 Å². The quantitative estimate of drug-likeness (QED) is 0.494. The van der Waals surface area contributed by atoms with Gasteiger partial charge in [0.25, 0.3) is 0 Å². The summed E-state index contributed by atoms with van der Waals surface area (Å²) in [5.74, 6) is 0.146. The zero-order valence-electron chi connectivity index (χ0n) is 12.3. The van der Waals surface area contributed by atoms with E-state index in [1.807, 2.05) is 0 Å². The first kappa shape index (κ1) is 17.4. The molecule has 0 aliphatic heterocycles. The molecule has 0 unspecified atom stereocenters. The molecule has 0 atom stereocenters. The summed E-state index contributed by atoms with van der Waals surface area (Å²) in [6.07, 6.45) is 5.63. The fraction of sp³-hybridized carbons (Fsp3) is 0.929. The van der Waals surface area contributed by atoms with Crippen molar-refractivity contribution in [1.29, 1.82) is 0 Å². The fourth-order valence-electron chi connectivity index (χ4n) is 2.10. The summed E-state index contributed by atoms with van der Waals surface area (Å²) < 4.78 is 0. The third-order valence-corrected chi connectivity index (χ3v) is 3.64. The van der Waals surface area contributed by atoms with Crippen LogP contribution in [0.25, 0.3) is 0 Å². The van der Waals surface area contributed by atoms with Gasteiger partial charge >= 0.3 is 0 Å². The van der Waals surface area contributed by atoms with E-state index in [9.17, 15) is 4.79 Å². The van der Waals surface area contributed by atoms with Crippen LogP contribution >= 0.6 is 0 Å². The van der Waals surface area contributed by atoms with Crippen molar-refractivity contribution >= 4 is 5.91 Å². The first-order chi connectivity index (χ1) is 8.64. The van der Waals surface area contributed by atoms with Crippen molar-refractivity contribution in [3.63, 3.8) is 0 Å². The number of nitrogens with one attached hydrogen (secondary N) is 2. The Morgan fingerprint density at radius 2 is 1.83 bits per heavy atom. The van der Waals surface area contributed by atoms with E-state index in [2.05, 4.69) is 31.4 Å². The molecule has 18 heavy (non-hydrogen) atoms. The van der Waals surface area contributed by atoms with Crippen LogP contribution in [0, 0.1) is 0 Å². The van der Waals surface area contributed by atoms with Crippen molar-refractivity contribution < 1.29 is 4.79 Å². The standard InChI is InChI=1S/C14H31N3O/c1-4-11-17-14(5-2,6-3)9-8-13(18)16-12-7-10-15/h17H,4-12,15H2,1-3H3,(H,16,18). The number of carbonyl (C=O) groups is 1. The fourth-order valence-corrected chi connectivity index (χ4v) is 2.10. The Kier molecular flexibility index (Phi) is 9.98. The third kappa shape index (κ3) is 6.97. The van der Waals surface area contributed by atoms with E-state index < -0.39 is 0 Å². The smallest absolute Gasteiger partial charge is 0.220 e. The molecule has 0 saturated heterocycles. The van der Waals surface area contributed by atoms with Crippen LogP contribution in [0.5, 0.6) is 0 Å². The van der Waals surface area contributed by atoms with E-state index in [1.165, 1.54) is 0 Å². The van der Waals surface area contributed by atoms with Gasteiger partial charge in [-0.1, -0.05) is 20.8 Å². The summed E-state index contributed by atoms with van der Waals surface area (Å²) in [5, 5.41) is 6.52. The Morgan fingerprint density at radius 1 is 1.17 bits per heavy atom. The molecular weight excluding hydrogens is 226 g/mol. The molecule has 4 heteroatoms. The molecule has 108 valence electrons. The second kappa shape index (κ2) is 10.3. The molecule has 0 aliphatic rings. The van der Waals surface area contributed by atoms with Gasteiger partial charge in [0.2, 0.25) is 5.91 Å². The lowest BCUT2D eigenvalue weighted by atomic mass is 9.87. The first-order valence-electron chi connectivity index (χ1n) is 7.36. The number of hydrogen-bond donors (Lipinski definition) is 3. The molecule has 0 aromatic carbocycles. The van der Waals surface area contributed by atoms with Crippen molar-refractivity contribution in [1.82, 2.24) is 10.6 Å². The second-order valence-corrected chi connectivity index (χ2v) is 4.91. The van der Waals surface area contributed by atoms with Crippen LogP contribution in [0.4, 0.5) is 0 Å². The predicted molar refractivity (Wildman–Crippen MR) is 77.5 cm³/mol. The Morgan fingerprint density at radius 3 is 2.33 bits per heavy atom. The monoisotopic (exact) mass is 257 g/mol. The summed E-state index contributed by atoms with van der Waals surface area (Å²) in [4.78, 5) is 11.7. The molecule has 0 aromatic rings. The van der Waals surface area contributed by atoms with Crippen molar-refractivity contribution in [3.8, 4) is 0 Å². The van der Waals surface area contributed by atoms with Crippen molar-refractivity contribution in [2.45, 2.75) is 64.8 Å². The largest absolute Gasteiger partial charge is 0.356 e. The molecule has 4 N–H and O–H groups in total. The average Bonchev–Trinajstić information content (AvgIpc) is 2.40. The van der Waals surface area contributed by atoms with E-state index in [0.29, 0.717) is 19.5 Å². The summed E-state index contributed by atoms with van der Waals surface area (Å²) in [6, 6.07) is 0. The molecule has 0 fully saturated rings. The van der Waals surface area contributed by atoms with Crippen LogP contribution in [0.1, 0.15) is 59.3 Å². The minimum atomic E-state index is 0.126. The minimum Gasteiger partial charge on any atom is -0.356 e. The summed E-state index contributed by atoms with van der Waals surface area (Å²) in [6.45, 7) is 8.91. The van der Waals surface area contributed by atoms with E-state index in [4.69, 9.17) is 5.73 Å². The maximum Gasteiger partial charge on any atom is 0.220 e. The Balaban J connectivity index is 4.05. The maximum atomic E-state index is 11.7. The van der Waals surface area contributed by atoms with Crippen LogP contribution < -0.4 is 16.4 Å². The van der Waals surface area contributed by atoms with Crippen LogP contribution in [0.2, 0.25) is 0 Å². The normalized spacial score (nSPS) is 11.6. The molecule has 0 heterocycles. The van der Waals surface area contributed by atoms with Gasteiger partial charge in [-0.2, -0.15) is 0 Å². The Bertz CT molecular complexity index is 215. The van der Waals surface area contributed by atoms with Crippen LogP contribution in [-0.4, -0.2) is 31.1 Å². The summed E-state index contributed by atoms with van der Waals surface area (Å²) in [7, 11) is 0. The molecule has 0 aromatic heterocycles. The lowest BCUT2D eigenvalue weighted by Crippen LogP contribution is -2.45. The van der Waals surface area contributed by atoms with Gasteiger partial charge < -0.3 is 16.4 Å². The van der Waals surface area contributed by atoms with Crippen molar-refractivity contribution in [3.05, 3.63) is 0 Å². The highest BCUT2D eigenvalue weighted by atomic mass is 16.1. The van der Waals surface area contributed by atoms with Crippen molar-refractivity contribution in [2.75, 3.05) is 19.6 Å². The summed E-state index contributed by atoms with van der Waals surface area (Å²) >= 11 is 0. The first-order valence-corrected chi connectivity index (χ1v) is 7.36. The molecular formula is C14H31N3O. The minimum absolute atomic E-state index is 0.126. The molecule has 0 aliphatic carbocycles. The molecule has 1 amide bonds.